The number of nitrogens with zero attached hydrogens (tertiary/aromatic N) is 2. The molecule has 0 spiro atoms. The van der Waals surface area contributed by atoms with Crippen LogP contribution in [0.3, 0.4) is 0 Å². The summed E-state index contributed by atoms with van der Waals surface area (Å²) in [6.07, 6.45) is 0. The Kier molecular flexibility index (Phi) is 2.58. The van der Waals surface area contributed by atoms with Crippen molar-refractivity contribution in [3.05, 3.63) is 36.4 Å². The van der Waals surface area contributed by atoms with Crippen LogP contribution in [-0.4, -0.2) is 18.1 Å². The molecule has 0 saturated heterocycles. The molecule has 2 rings (SSSR count). The number of fused-ring (bicyclic) bond motifs is 1. The average Bonchev–Trinajstić information content (AvgIpc) is 2.27. The fraction of sp³-hybridized carbons (Fsp3) is 0.308. The molecule has 77 valence electrons. The zero-order chi connectivity index (χ0) is 10.8. The Hall–Kier alpha value is -1.57. The maximum atomic E-state index is 4.60. The van der Waals surface area contributed by atoms with Crippen molar-refractivity contribution in [2.24, 2.45) is 0 Å². The minimum absolute atomic E-state index is 0.463. The van der Waals surface area contributed by atoms with Gasteiger partial charge in [0.15, 0.2) is 0 Å². The molecular weight excluding hydrogens is 184 g/mol. The second-order valence-corrected chi connectivity index (χ2v) is 3.99. The predicted molar refractivity (Wildman–Crippen MR) is 64.1 cm³/mol. The second kappa shape index (κ2) is 3.89. The second-order valence-electron chi connectivity index (χ2n) is 3.99. The molecular formula is C13H15N2. The molecule has 2 aromatic rings. The van der Waals surface area contributed by atoms with Crippen LogP contribution in [-0.2, 0) is 0 Å². The molecule has 0 saturated carbocycles. The summed E-state index contributed by atoms with van der Waals surface area (Å²) in [7, 11) is 2.06. The van der Waals surface area contributed by atoms with E-state index in [1.807, 2.05) is 18.2 Å². The first kappa shape index (κ1) is 9.97. The molecule has 1 aromatic heterocycles. The van der Waals surface area contributed by atoms with Crippen molar-refractivity contribution >= 4 is 16.7 Å². The molecule has 0 fully saturated rings. The van der Waals surface area contributed by atoms with Gasteiger partial charge in [-0.15, -0.1) is 0 Å². The first-order chi connectivity index (χ1) is 7.18. The molecule has 0 amide bonds. The smallest absolute Gasteiger partial charge is 0.129 e. The van der Waals surface area contributed by atoms with Gasteiger partial charge in [0.2, 0.25) is 0 Å². The molecule has 2 nitrogen and oxygen atoms in total. The zero-order valence-corrected chi connectivity index (χ0v) is 9.36. The lowest BCUT2D eigenvalue weighted by molar-refractivity contribution is 0.745. The largest absolute Gasteiger partial charge is 0.357 e. The number of aromatic nitrogens is 1. The summed E-state index contributed by atoms with van der Waals surface area (Å²) < 4.78 is 0. The van der Waals surface area contributed by atoms with Gasteiger partial charge in [-0.2, -0.15) is 0 Å². The van der Waals surface area contributed by atoms with Gasteiger partial charge < -0.3 is 4.90 Å². The van der Waals surface area contributed by atoms with E-state index in [4.69, 9.17) is 0 Å². The van der Waals surface area contributed by atoms with E-state index in [1.165, 1.54) is 0 Å². The highest BCUT2D eigenvalue weighted by Gasteiger charge is 2.06. The van der Waals surface area contributed by atoms with Gasteiger partial charge in [0, 0.05) is 18.5 Å². The Labute approximate surface area is 90.6 Å². The summed E-state index contributed by atoms with van der Waals surface area (Å²) in [5, 5.41) is 1.14. The molecule has 0 aliphatic rings. The summed E-state index contributed by atoms with van der Waals surface area (Å²) in [5.41, 5.74) is 1.03. The quantitative estimate of drug-likeness (QED) is 0.739. The van der Waals surface area contributed by atoms with Gasteiger partial charge in [0.1, 0.15) is 5.82 Å². The zero-order valence-electron chi connectivity index (χ0n) is 9.36. The van der Waals surface area contributed by atoms with E-state index < -0.39 is 0 Å². The van der Waals surface area contributed by atoms with Crippen molar-refractivity contribution in [1.29, 1.82) is 0 Å². The highest BCUT2D eigenvalue weighted by molar-refractivity contribution is 5.80. The van der Waals surface area contributed by atoms with Crippen LogP contribution in [0.4, 0.5) is 5.82 Å². The Morgan fingerprint density at radius 3 is 2.80 bits per heavy atom. The SMILES string of the molecule is CC(C)N(C)c1ccc2c[c]ccc2n1. The highest BCUT2D eigenvalue weighted by Crippen LogP contribution is 2.17. The molecule has 0 aliphatic heterocycles. The monoisotopic (exact) mass is 199 g/mol. The first-order valence-electron chi connectivity index (χ1n) is 5.18. The molecule has 0 unspecified atom stereocenters. The number of anilines is 1. The van der Waals surface area contributed by atoms with Gasteiger partial charge in [0.25, 0.3) is 0 Å². The summed E-state index contributed by atoms with van der Waals surface area (Å²) >= 11 is 0. The van der Waals surface area contributed by atoms with Crippen molar-refractivity contribution in [2.75, 3.05) is 11.9 Å². The molecule has 0 aliphatic carbocycles. The van der Waals surface area contributed by atoms with Crippen LogP contribution in [0.1, 0.15) is 13.8 Å². The standard InChI is InChI=1S/C13H15N2/c1-10(2)15(3)13-9-8-11-6-4-5-7-12(11)14-13/h5-10H,1-3H3. The van der Waals surface area contributed by atoms with Gasteiger partial charge in [-0.1, -0.05) is 6.07 Å². The van der Waals surface area contributed by atoms with E-state index in [9.17, 15) is 0 Å². The van der Waals surface area contributed by atoms with Gasteiger partial charge >= 0.3 is 0 Å². The summed E-state index contributed by atoms with van der Waals surface area (Å²) in [6, 6.07) is 13.5. The van der Waals surface area contributed by atoms with Gasteiger partial charge in [-0.05, 0) is 44.2 Å². The number of benzene rings is 1. The average molecular weight is 199 g/mol. The molecule has 0 bridgehead atoms. The van der Waals surface area contributed by atoms with Crippen LogP contribution in [0.2, 0.25) is 0 Å². The third-order valence-electron chi connectivity index (χ3n) is 2.65. The fourth-order valence-corrected chi connectivity index (χ4v) is 1.46. The number of rotatable bonds is 2. The van der Waals surface area contributed by atoms with E-state index in [1.54, 1.807) is 0 Å². The van der Waals surface area contributed by atoms with E-state index >= 15 is 0 Å². The molecule has 1 aromatic carbocycles. The topological polar surface area (TPSA) is 16.1 Å². The maximum Gasteiger partial charge on any atom is 0.129 e. The van der Waals surface area contributed by atoms with Crippen molar-refractivity contribution in [2.45, 2.75) is 19.9 Å². The van der Waals surface area contributed by atoms with E-state index in [2.05, 4.69) is 49.0 Å². The predicted octanol–water partition coefficient (Wildman–Crippen LogP) is 2.88. The van der Waals surface area contributed by atoms with Crippen molar-refractivity contribution in [3.8, 4) is 0 Å². The normalized spacial score (nSPS) is 10.9. The molecule has 0 N–H and O–H groups in total. The van der Waals surface area contributed by atoms with Crippen molar-refractivity contribution < 1.29 is 0 Å². The van der Waals surface area contributed by atoms with Gasteiger partial charge in [-0.25, -0.2) is 4.98 Å². The molecule has 2 heteroatoms. The summed E-state index contributed by atoms with van der Waals surface area (Å²) in [4.78, 5) is 6.77. The number of pyridine rings is 1. The lowest BCUT2D eigenvalue weighted by Gasteiger charge is -2.22. The van der Waals surface area contributed by atoms with Crippen LogP contribution >= 0.6 is 0 Å². The van der Waals surface area contributed by atoms with E-state index in [0.717, 1.165) is 16.7 Å². The van der Waals surface area contributed by atoms with Crippen molar-refractivity contribution in [3.63, 3.8) is 0 Å². The molecule has 15 heavy (non-hydrogen) atoms. The van der Waals surface area contributed by atoms with Crippen LogP contribution in [0, 0.1) is 6.07 Å². The summed E-state index contributed by atoms with van der Waals surface area (Å²) in [5.74, 6) is 1.02. The minimum atomic E-state index is 0.463. The molecule has 0 atom stereocenters. The van der Waals surface area contributed by atoms with E-state index in [0.29, 0.717) is 6.04 Å². The minimum Gasteiger partial charge on any atom is -0.357 e. The first-order valence-corrected chi connectivity index (χ1v) is 5.18. The lowest BCUT2D eigenvalue weighted by atomic mass is 10.2. The Bertz CT molecular complexity index is 463. The van der Waals surface area contributed by atoms with Crippen LogP contribution < -0.4 is 4.90 Å². The van der Waals surface area contributed by atoms with Crippen molar-refractivity contribution in [1.82, 2.24) is 4.98 Å². The fourth-order valence-electron chi connectivity index (χ4n) is 1.46. The highest BCUT2D eigenvalue weighted by atomic mass is 15.2. The Morgan fingerprint density at radius 2 is 2.07 bits per heavy atom. The van der Waals surface area contributed by atoms with Gasteiger partial charge in [0.05, 0.1) is 5.52 Å². The van der Waals surface area contributed by atoms with Crippen LogP contribution in [0.25, 0.3) is 10.9 Å². The third kappa shape index (κ3) is 1.94. The number of hydrogen-bond donors (Lipinski definition) is 0. The summed E-state index contributed by atoms with van der Waals surface area (Å²) in [6.45, 7) is 4.31. The maximum absolute atomic E-state index is 4.60. The van der Waals surface area contributed by atoms with Gasteiger partial charge in [-0.3, -0.25) is 0 Å². The lowest BCUT2D eigenvalue weighted by Crippen LogP contribution is -2.26. The van der Waals surface area contributed by atoms with Crippen LogP contribution in [0.5, 0.6) is 0 Å². The number of hydrogen-bond acceptors (Lipinski definition) is 2. The Morgan fingerprint density at radius 1 is 1.27 bits per heavy atom. The third-order valence-corrected chi connectivity index (χ3v) is 2.65. The van der Waals surface area contributed by atoms with E-state index in [-0.39, 0.29) is 0 Å². The molecule has 1 radical (unpaired) electrons. The molecule has 1 heterocycles. The van der Waals surface area contributed by atoms with Crippen LogP contribution in [0.15, 0.2) is 30.3 Å². The Balaban J connectivity index is 2.47.